The molecule has 3 aromatic carbocycles. The van der Waals surface area contributed by atoms with Crippen molar-refractivity contribution in [3.8, 4) is 5.75 Å². The van der Waals surface area contributed by atoms with Crippen molar-refractivity contribution in [3.63, 3.8) is 0 Å². The lowest BCUT2D eigenvalue weighted by Crippen LogP contribution is -2.40. The Morgan fingerprint density at radius 2 is 1.70 bits per heavy atom. The Hall–Kier alpha value is -4.62. The second-order valence-corrected chi connectivity index (χ2v) is 11.7. The van der Waals surface area contributed by atoms with E-state index >= 15 is 0 Å². The van der Waals surface area contributed by atoms with Crippen LogP contribution in [-0.2, 0) is 29.0 Å². The molecule has 1 fully saturated rings. The number of rotatable bonds is 7. The number of para-hydroxylation sites is 1. The Kier molecular flexibility index (Phi) is 8.03. The highest BCUT2D eigenvalue weighted by molar-refractivity contribution is 5.90. The number of nitrogens with zero attached hydrogens (tertiary/aromatic N) is 3. The van der Waals surface area contributed by atoms with Gasteiger partial charge in [-0.15, -0.1) is 0 Å². The zero-order chi connectivity index (χ0) is 29.9. The third-order valence-corrected chi connectivity index (χ3v) is 9.12. The first-order chi connectivity index (χ1) is 21.7. The van der Waals surface area contributed by atoms with Crippen molar-refractivity contribution >= 4 is 22.4 Å². The molecule has 0 spiro atoms. The van der Waals surface area contributed by atoms with Gasteiger partial charge in [0, 0.05) is 43.3 Å². The second-order valence-electron chi connectivity index (χ2n) is 11.7. The fourth-order valence-electron chi connectivity index (χ4n) is 6.71. The summed E-state index contributed by atoms with van der Waals surface area (Å²) in [6.07, 6.45) is 5.75. The number of carbonyl (C=O) groups is 1. The van der Waals surface area contributed by atoms with Gasteiger partial charge in [-0.25, -0.2) is 9.78 Å². The molecule has 0 radical (unpaired) electrons. The van der Waals surface area contributed by atoms with Crippen LogP contribution in [0.4, 0.5) is 0 Å². The molecule has 3 aliphatic rings. The highest BCUT2D eigenvalue weighted by atomic mass is 16.5. The molecule has 0 amide bonds. The lowest BCUT2D eigenvalue weighted by molar-refractivity contribution is -0.137. The van der Waals surface area contributed by atoms with Crippen LogP contribution in [0.3, 0.4) is 0 Å². The van der Waals surface area contributed by atoms with E-state index in [4.69, 9.17) is 14.5 Å². The minimum absolute atomic E-state index is 0.0351. The fourth-order valence-corrected chi connectivity index (χ4v) is 6.71. The SMILES string of the molecule is COC(=O)C1=CNC2C(=C3CCN(CCc4ccc(OCc5ccc6ccccc6n5)cc4)CC3)c3ccccc3CCN12. The normalized spacial score (nSPS) is 18.2. The quantitative estimate of drug-likeness (QED) is 0.279. The van der Waals surface area contributed by atoms with Crippen LogP contribution in [0.15, 0.2) is 102 Å². The number of benzene rings is 3. The predicted molar refractivity (Wildman–Crippen MR) is 173 cm³/mol. The molecule has 1 N–H and O–H groups in total. The van der Waals surface area contributed by atoms with Gasteiger partial charge in [0.05, 0.1) is 18.3 Å². The number of piperidine rings is 1. The van der Waals surface area contributed by atoms with Crippen LogP contribution < -0.4 is 10.1 Å². The van der Waals surface area contributed by atoms with Gasteiger partial charge >= 0.3 is 5.97 Å². The number of methoxy groups -OCH3 is 1. The van der Waals surface area contributed by atoms with E-state index in [1.807, 2.05) is 30.5 Å². The lowest BCUT2D eigenvalue weighted by atomic mass is 9.89. The molecular weight excluding hydrogens is 548 g/mol. The standard InChI is InChI=1S/C37H38N4O3/c1-43-37(42)34-24-38-36-35(32-8-4-2-6-27(32)19-23-41(34)36)29-17-21-40(22-18-29)20-16-26-10-14-31(15-11-26)44-25-30-13-12-28-7-3-5-9-33(28)39-30/h2-15,24,36,38H,16-23,25H2,1H3. The molecule has 4 aromatic rings. The summed E-state index contributed by atoms with van der Waals surface area (Å²) in [5.74, 6) is 0.577. The maximum absolute atomic E-state index is 12.5. The van der Waals surface area contributed by atoms with Crippen molar-refractivity contribution < 1.29 is 14.3 Å². The molecule has 3 aliphatic heterocycles. The number of carbonyl (C=O) groups excluding carboxylic acids is 1. The smallest absolute Gasteiger partial charge is 0.355 e. The average molecular weight is 587 g/mol. The summed E-state index contributed by atoms with van der Waals surface area (Å²) >= 11 is 0. The molecule has 0 bridgehead atoms. The Balaban J connectivity index is 0.963. The molecule has 0 saturated carbocycles. The molecule has 7 nitrogen and oxygen atoms in total. The van der Waals surface area contributed by atoms with Gasteiger partial charge < -0.3 is 24.6 Å². The van der Waals surface area contributed by atoms with Crippen molar-refractivity contribution in [1.29, 1.82) is 0 Å². The van der Waals surface area contributed by atoms with Crippen LogP contribution in [0, 0.1) is 0 Å². The molecule has 1 atom stereocenters. The summed E-state index contributed by atoms with van der Waals surface area (Å²) in [4.78, 5) is 22.0. The minimum Gasteiger partial charge on any atom is -0.487 e. The van der Waals surface area contributed by atoms with E-state index in [1.165, 1.54) is 34.9 Å². The van der Waals surface area contributed by atoms with Gasteiger partial charge in [0.15, 0.2) is 0 Å². The van der Waals surface area contributed by atoms with Crippen LogP contribution in [0.2, 0.25) is 0 Å². The molecular formula is C37H38N4O3. The summed E-state index contributed by atoms with van der Waals surface area (Å²) in [6.45, 7) is 4.33. The zero-order valence-corrected chi connectivity index (χ0v) is 25.2. The van der Waals surface area contributed by atoms with Gasteiger partial charge in [0.25, 0.3) is 0 Å². The van der Waals surface area contributed by atoms with E-state index < -0.39 is 0 Å². The first-order valence-electron chi connectivity index (χ1n) is 15.6. The van der Waals surface area contributed by atoms with Crippen molar-refractivity contribution in [1.82, 2.24) is 20.1 Å². The number of ether oxygens (including phenoxy) is 2. The molecule has 224 valence electrons. The summed E-state index contributed by atoms with van der Waals surface area (Å²) in [5, 5.41) is 4.66. The third-order valence-electron chi connectivity index (χ3n) is 9.12. The van der Waals surface area contributed by atoms with Gasteiger partial charge in [-0.3, -0.25) is 0 Å². The highest BCUT2D eigenvalue weighted by Crippen LogP contribution is 2.38. The van der Waals surface area contributed by atoms with E-state index in [0.29, 0.717) is 12.3 Å². The van der Waals surface area contributed by atoms with E-state index in [2.05, 4.69) is 75.8 Å². The van der Waals surface area contributed by atoms with Crippen LogP contribution in [0.1, 0.15) is 35.2 Å². The number of esters is 1. The highest BCUT2D eigenvalue weighted by Gasteiger charge is 2.37. The first kappa shape index (κ1) is 28.2. The zero-order valence-electron chi connectivity index (χ0n) is 25.2. The number of pyridine rings is 1. The lowest BCUT2D eigenvalue weighted by Gasteiger charge is -2.34. The molecule has 1 saturated heterocycles. The van der Waals surface area contributed by atoms with E-state index in [9.17, 15) is 4.79 Å². The maximum atomic E-state index is 12.5. The monoisotopic (exact) mass is 586 g/mol. The number of hydrogen-bond donors (Lipinski definition) is 1. The summed E-state index contributed by atoms with van der Waals surface area (Å²) in [5.41, 5.74) is 9.33. The Morgan fingerprint density at radius 3 is 2.55 bits per heavy atom. The Labute approximate surface area is 258 Å². The summed E-state index contributed by atoms with van der Waals surface area (Å²) < 4.78 is 11.1. The molecule has 44 heavy (non-hydrogen) atoms. The van der Waals surface area contributed by atoms with Crippen molar-refractivity contribution in [2.75, 3.05) is 33.3 Å². The molecule has 7 rings (SSSR count). The second kappa shape index (κ2) is 12.5. The summed E-state index contributed by atoms with van der Waals surface area (Å²) in [6, 6.07) is 29.5. The van der Waals surface area contributed by atoms with Crippen LogP contribution >= 0.6 is 0 Å². The average Bonchev–Trinajstić information content (AvgIpc) is 3.42. The van der Waals surface area contributed by atoms with Gasteiger partial charge in [-0.05, 0) is 66.6 Å². The first-order valence-corrected chi connectivity index (χ1v) is 15.6. The molecule has 1 aromatic heterocycles. The molecule has 4 heterocycles. The van der Waals surface area contributed by atoms with E-state index in [-0.39, 0.29) is 12.1 Å². The Morgan fingerprint density at radius 1 is 0.909 bits per heavy atom. The van der Waals surface area contributed by atoms with Gasteiger partial charge in [-0.1, -0.05) is 66.2 Å². The van der Waals surface area contributed by atoms with Gasteiger partial charge in [0.1, 0.15) is 24.2 Å². The van der Waals surface area contributed by atoms with Gasteiger partial charge in [-0.2, -0.15) is 0 Å². The molecule has 0 aliphatic carbocycles. The van der Waals surface area contributed by atoms with E-state index in [0.717, 1.165) is 74.2 Å². The number of likely N-dealkylation sites (tertiary alicyclic amines) is 1. The van der Waals surface area contributed by atoms with Crippen LogP contribution in [0.5, 0.6) is 5.75 Å². The van der Waals surface area contributed by atoms with E-state index in [1.54, 1.807) is 0 Å². The third kappa shape index (κ3) is 5.80. The van der Waals surface area contributed by atoms with Crippen molar-refractivity contribution in [2.24, 2.45) is 0 Å². The molecule has 1 unspecified atom stereocenters. The van der Waals surface area contributed by atoms with Crippen LogP contribution in [0.25, 0.3) is 16.5 Å². The molecule has 7 heteroatoms. The largest absolute Gasteiger partial charge is 0.487 e. The predicted octanol–water partition coefficient (Wildman–Crippen LogP) is 5.71. The van der Waals surface area contributed by atoms with Crippen molar-refractivity contribution in [3.05, 3.63) is 125 Å². The number of hydrogen-bond acceptors (Lipinski definition) is 7. The minimum atomic E-state index is -0.286. The summed E-state index contributed by atoms with van der Waals surface area (Å²) in [7, 11) is 1.45. The topological polar surface area (TPSA) is 66.9 Å². The Bertz CT molecular complexity index is 1720. The van der Waals surface area contributed by atoms with Crippen LogP contribution in [-0.4, -0.2) is 60.2 Å². The number of aromatic nitrogens is 1. The van der Waals surface area contributed by atoms with Crippen molar-refractivity contribution in [2.45, 2.75) is 38.5 Å². The fraction of sp³-hybridized carbons (Fsp3) is 0.297. The van der Waals surface area contributed by atoms with Gasteiger partial charge in [0.2, 0.25) is 0 Å². The maximum Gasteiger partial charge on any atom is 0.355 e. The number of nitrogens with one attached hydrogen (secondary N) is 1. The number of fused-ring (bicyclic) bond motifs is 3.